The Balaban J connectivity index is 2.13. The number of carbonyl (C=O) groups is 1. The number of nitrogens with one attached hydrogen (secondary N) is 1. The number of unbranched alkanes of at least 4 members (excludes halogenated alkanes) is 1. The molecule has 5 nitrogen and oxygen atoms in total. The number of nitrogens with zero attached hydrogens (tertiary/aromatic N) is 2. The summed E-state index contributed by atoms with van der Waals surface area (Å²) in [5.41, 5.74) is 0.0365. The monoisotopic (exact) mass is 357 g/mol. The second-order valence-corrected chi connectivity index (χ2v) is 5.89. The van der Waals surface area contributed by atoms with Crippen LogP contribution in [0, 0.1) is 11.6 Å². The van der Waals surface area contributed by atoms with Gasteiger partial charge in [0.25, 0.3) is 11.5 Å². The number of hydrogen-bond acceptors (Lipinski definition) is 3. The minimum atomic E-state index is -1.09. The Hall–Kier alpha value is -3.09. The molecule has 7 heteroatoms. The number of aromatic nitrogens is 2. The van der Waals surface area contributed by atoms with Gasteiger partial charge in [-0.25, -0.2) is 8.78 Å². The van der Waals surface area contributed by atoms with Crippen LogP contribution >= 0.6 is 0 Å². The van der Waals surface area contributed by atoms with Crippen LogP contribution in [0.15, 0.2) is 47.5 Å². The van der Waals surface area contributed by atoms with Crippen LogP contribution in [0.3, 0.4) is 0 Å². The molecule has 26 heavy (non-hydrogen) atoms. The van der Waals surface area contributed by atoms with Crippen molar-refractivity contribution in [3.8, 4) is 0 Å². The van der Waals surface area contributed by atoms with Crippen LogP contribution in [0.25, 0.3) is 10.8 Å². The molecular formula is C19H17F2N3O2. The minimum absolute atomic E-state index is 0.0398. The first-order valence-electron chi connectivity index (χ1n) is 8.25. The SMILES string of the molecule is CCCCn1c(C(=O)Nc2cccnc2)cc2cc(F)c(F)cc2c1=O. The van der Waals surface area contributed by atoms with Gasteiger partial charge in [-0.1, -0.05) is 13.3 Å². The smallest absolute Gasteiger partial charge is 0.272 e. The second kappa shape index (κ2) is 7.43. The molecule has 0 spiro atoms. The lowest BCUT2D eigenvalue weighted by Crippen LogP contribution is -2.29. The van der Waals surface area contributed by atoms with Crippen molar-refractivity contribution in [2.24, 2.45) is 0 Å². The molecule has 0 atom stereocenters. The van der Waals surface area contributed by atoms with E-state index in [0.29, 0.717) is 18.7 Å². The van der Waals surface area contributed by atoms with E-state index in [1.807, 2.05) is 6.92 Å². The topological polar surface area (TPSA) is 64.0 Å². The molecule has 0 fully saturated rings. The highest BCUT2D eigenvalue weighted by atomic mass is 19.2. The van der Waals surface area contributed by atoms with Crippen molar-refractivity contribution in [1.82, 2.24) is 9.55 Å². The summed E-state index contributed by atoms with van der Waals surface area (Å²) in [6.45, 7) is 2.26. The summed E-state index contributed by atoms with van der Waals surface area (Å²) in [6, 6.07) is 6.53. The van der Waals surface area contributed by atoms with Gasteiger partial charge in [0.15, 0.2) is 11.6 Å². The number of halogens is 2. The van der Waals surface area contributed by atoms with Crippen LogP contribution in [0.1, 0.15) is 30.3 Å². The lowest BCUT2D eigenvalue weighted by molar-refractivity contribution is 0.101. The van der Waals surface area contributed by atoms with E-state index in [9.17, 15) is 18.4 Å². The first kappa shape index (κ1) is 17.7. The number of amides is 1. The Morgan fingerprint density at radius 2 is 2.00 bits per heavy atom. The Bertz CT molecular complexity index is 1020. The summed E-state index contributed by atoms with van der Waals surface area (Å²) >= 11 is 0. The molecule has 0 aliphatic carbocycles. The van der Waals surface area contributed by atoms with Crippen LogP contribution in [0.2, 0.25) is 0 Å². The number of fused-ring (bicyclic) bond motifs is 1. The third-order valence-electron chi connectivity index (χ3n) is 4.04. The molecule has 3 rings (SSSR count). The third-order valence-corrected chi connectivity index (χ3v) is 4.04. The van der Waals surface area contributed by atoms with Gasteiger partial charge in [0.2, 0.25) is 0 Å². The fraction of sp³-hybridized carbons (Fsp3) is 0.211. The van der Waals surface area contributed by atoms with Gasteiger partial charge in [0.05, 0.1) is 17.3 Å². The van der Waals surface area contributed by atoms with E-state index in [1.165, 1.54) is 16.8 Å². The molecule has 1 N–H and O–H groups in total. The largest absolute Gasteiger partial charge is 0.319 e. The number of anilines is 1. The van der Waals surface area contributed by atoms with Crippen molar-refractivity contribution < 1.29 is 13.6 Å². The van der Waals surface area contributed by atoms with Crippen molar-refractivity contribution >= 4 is 22.4 Å². The fourth-order valence-corrected chi connectivity index (χ4v) is 2.71. The zero-order valence-corrected chi connectivity index (χ0v) is 14.1. The molecule has 1 aromatic carbocycles. The van der Waals surface area contributed by atoms with E-state index in [4.69, 9.17) is 0 Å². The van der Waals surface area contributed by atoms with Crippen LogP contribution in [-0.4, -0.2) is 15.5 Å². The van der Waals surface area contributed by atoms with Crippen molar-refractivity contribution in [2.45, 2.75) is 26.3 Å². The highest BCUT2D eigenvalue weighted by molar-refractivity contribution is 6.05. The molecule has 2 aromatic heterocycles. The standard InChI is InChI=1S/C19H17F2N3O2/c1-2-3-7-24-17(18(25)23-13-5-4-6-22-11-13)9-12-8-15(20)16(21)10-14(12)19(24)26/h4-6,8-11H,2-3,7H2,1H3,(H,23,25). The van der Waals surface area contributed by atoms with Crippen LogP contribution in [0.4, 0.5) is 14.5 Å². The predicted octanol–water partition coefficient (Wildman–Crippen LogP) is 3.73. The number of carbonyl (C=O) groups excluding carboxylic acids is 1. The van der Waals surface area contributed by atoms with Crippen molar-refractivity contribution in [2.75, 3.05) is 5.32 Å². The summed E-state index contributed by atoms with van der Waals surface area (Å²) in [6.07, 6.45) is 4.52. The summed E-state index contributed by atoms with van der Waals surface area (Å²) in [7, 11) is 0. The van der Waals surface area contributed by atoms with Gasteiger partial charge in [0.1, 0.15) is 5.69 Å². The van der Waals surface area contributed by atoms with Gasteiger partial charge in [-0.3, -0.25) is 14.6 Å². The zero-order chi connectivity index (χ0) is 18.7. The zero-order valence-electron chi connectivity index (χ0n) is 14.1. The van der Waals surface area contributed by atoms with Crippen molar-refractivity contribution in [1.29, 1.82) is 0 Å². The maximum Gasteiger partial charge on any atom is 0.272 e. The molecule has 0 saturated carbocycles. The predicted molar refractivity (Wildman–Crippen MR) is 95.2 cm³/mol. The number of rotatable bonds is 5. The van der Waals surface area contributed by atoms with E-state index < -0.39 is 23.1 Å². The number of hydrogen-bond donors (Lipinski definition) is 1. The van der Waals surface area contributed by atoms with E-state index in [-0.39, 0.29) is 16.5 Å². The Morgan fingerprint density at radius 3 is 2.69 bits per heavy atom. The fourth-order valence-electron chi connectivity index (χ4n) is 2.71. The molecule has 0 unspecified atom stereocenters. The highest BCUT2D eigenvalue weighted by Gasteiger charge is 2.17. The Labute approximate surface area is 148 Å². The maximum atomic E-state index is 13.6. The molecular weight excluding hydrogens is 340 g/mol. The first-order valence-corrected chi connectivity index (χ1v) is 8.25. The Kier molecular flexibility index (Phi) is 5.06. The molecule has 2 heterocycles. The normalized spacial score (nSPS) is 10.9. The Morgan fingerprint density at radius 1 is 1.23 bits per heavy atom. The van der Waals surface area contributed by atoms with E-state index in [0.717, 1.165) is 18.6 Å². The summed E-state index contributed by atoms with van der Waals surface area (Å²) in [4.78, 5) is 29.4. The molecule has 0 radical (unpaired) electrons. The highest BCUT2D eigenvalue weighted by Crippen LogP contribution is 2.18. The van der Waals surface area contributed by atoms with Crippen LogP contribution in [-0.2, 0) is 6.54 Å². The summed E-state index contributed by atoms with van der Waals surface area (Å²) < 4.78 is 28.4. The minimum Gasteiger partial charge on any atom is -0.319 e. The number of benzene rings is 1. The van der Waals surface area contributed by atoms with Crippen LogP contribution in [0.5, 0.6) is 0 Å². The van der Waals surface area contributed by atoms with Crippen molar-refractivity contribution in [3.63, 3.8) is 0 Å². The summed E-state index contributed by atoms with van der Waals surface area (Å²) in [5.74, 6) is -2.68. The molecule has 3 aromatic rings. The third kappa shape index (κ3) is 3.46. The van der Waals surface area contributed by atoms with Gasteiger partial charge in [0, 0.05) is 12.7 Å². The molecule has 0 saturated heterocycles. The quantitative estimate of drug-likeness (QED) is 0.757. The van der Waals surface area contributed by atoms with Gasteiger partial charge in [-0.05, 0) is 42.1 Å². The summed E-state index contributed by atoms with van der Waals surface area (Å²) in [5, 5.41) is 2.88. The first-order chi connectivity index (χ1) is 12.5. The van der Waals surface area contributed by atoms with E-state index >= 15 is 0 Å². The van der Waals surface area contributed by atoms with E-state index in [1.54, 1.807) is 18.3 Å². The molecule has 0 aliphatic rings. The van der Waals surface area contributed by atoms with Crippen LogP contribution < -0.4 is 10.9 Å². The van der Waals surface area contributed by atoms with Gasteiger partial charge in [-0.15, -0.1) is 0 Å². The van der Waals surface area contributed by atoms with Gasteiger partial charge < -0.3 is 9.88 Å². The van der Waals surface area contributed by atoms with Crippen molar-refractivity contribution in [3.05, 3.63) is 70.4 Å². The maximum absolute atomic E-state index is 13.6. The lowest BCUT2D eigenvalue weighted by atomic mass is 10.1. The van der Waals surface area contributed by atoms with Gasteiger partial charge in [-0.2, -0.15) is 0 Å². The van der Waals surface area contributed by atoms with E-state index in [2.05, 4.69) is 10.3 Å². The van der Waals surface area contributed by atoms with Gasteiger partial charge >= 0.3 is 0 Å². The average molecular weight is 357 g/mol. The number of pyridine rings is 2. The molecule has 0 aliphatic heterocycles. The molecule has 0 bridgehead atoms. The molecule has 1 amide bonds. The average Bonchev–Trinajstić information content (AvgIpc) is 2.63. The second-order valence-electron chi connectivity index (χ2n) is 5.89. The lowest BCUT2D eigenvalue weighted by Gasteiger charge is -2.14. The molecule has 134 valence electrons.